The molecule has 0 unspecified atom stereocenters. The van der Waals surface area contributed by atoms with Crippen LogP contribution < -0.4 is 14.2 Å². The molecule has 0 aliphatic heterocycles. The largest absolute Gasteiger partial charge is 0.495 e. The molecule has 3 aromatic rings. The van der Waals surface area contributed by atoms with Gasteiger partial charge in [-0.15, -0.1) is 0 Å². The lowest BCUT2D eigenvalue weighted by atomic mass is 10.3. The van der Waals surface area contributed by atoms with Crippen molar-refractivity contribution in [3.63, 3.8) is 0 Å². The smallest absolute Gasteiger partial charge is 0.263 e. The standard InChI is InChI=1S/C19H16Cl2N2O5S2/c1-28-18-8-3-2-7-17(18)23-29(24,25)15-6-4-5-14(12-15)22-30(26,27)19-11-13(20)9-10-16(19)21/h2-12,22-23H,1H3. The third-order valence-corrected chi connectivity index (χ3v) is 7.39. The predicted molar refractivity (Wildman–Crippen MR) is 118 cm³/mol. The van der Waals surface area contributed by atoms with Crippen molar-refractivity contribution in [2.24, 2.45) is 0 Å². The summed E-state index contributed by atoms with van der Waals surface area (Å²) >= 11 is 11.8. The van der Waals surface area contributed by atoms with Crippen molar-refractivity contribution in [1.29, 1.82) is 0 Å². The summed E-state index contributed by atoms with van der Waals surface area (Å²) in [5.41, 5.74) is 0.283. The second-order valence-corrected chi connectivity index (χ2v) is 10.2. The summed E-state index contributed by atoms with van der Waals surface area (Å²) in [6.07, 6.45) is 0. The van der Waals surface area contributed by atoms with Crippen molar-refractivity contribution >= 4 is 54.6 Å². The molecule has 3 aromatic carbocycles. The number of hydrogen-bond acceptors (Lipinski definition) is 5. The molecular formula is C19H16Cl2N2O5S2. The molecule has 0 heterocycles. The molecule has 0 fully saturated rings. The lowest BCUT2D eigenvalue weighted by molar-refractivity contribution is 0.417. The molecule has 11 heteroatoms. The Bertz CT molecular complexity index is 1300. The van der Waals surface area contributed by atoms with Gasteiger partial charge in [-0.1, -0.05) is 41.4 Å². The second kappa shape index (κ2) is 8.73. The molecule has 7 nitrogen and oxygen atoms in total. The summed E-state index contributed by atoms with van der Waals surface area (Å²) in [6, 6.07) is 15.9. The van der Waals surface area contributed by atoms with Gasteiger partial charge in [0.05, 0.1) is 28.4 Å². The summed E-state index contributed by atoms with van der Waals surface area (Å²) in [5, 5.41) is 0.172. The highest BCUT2D eigenvalue weighted by molar-refractivity contribution is 7.93. The van der Waals surface area contributed by atoms with E-state index in [1.54, 1.807) is 24.3 Å². The van der Waals surface area contributed by atoms with E-state index in [-0.39, 0.29) is 31.2 Å². The molecule has 0 aliphatic carbocycles. The maximum Gasteiger partial charge on any atom is 0.263 e. The van der Waals surface area contributed by atoms with Crippen LogP contribution in [0.1, 0.15) is 0 Å². The highest BCUT2D eigenvalue weighted by Crippen LogP contribution is 2.29. The van der Waals surface area contributed by atoms with Crippen LogP contribution in [0.3, 0.4) is 0 Å². The zero-order valence-electron chi connectivity index (χ0n) is 15.5. The van der Waals surface area contributed by atoms with E-state index in [1.165, 1.54) is 49.6 Å². The number of rotatable bonds is 7. The fourth-order valence-electron chi connectivity index (χ4n) is 2.55. The summed E-state index contributed by atoms with van der Waals surface area (Å²) in [5.74, 6) is 0.341. The van der Waals surface area contributed by atoms with Crippen LogP contribution in [-0.4, -0.2) is 23.9 Å². The van der Waals surface area contributed by atoms with E-state index >= 15 is 0 Å². The molecule has 0 aliphatic rings. The van der Waals surface area contributed by atoms with Gasteiger partial charge in [0.15, 0.2) is 0 Å². The summed E-state index contributed by atoms with van der Waals surface area (Å²) in [4.78, 5) is -0.372. The molecular weight excluding hydrogens is 471 g/mol. The first-order valence-electron chi connectivity index (χ1n) is 8.36. The van der Waals surface area contributed by atoms with Gasteiger partial charge in [-0.2, -0.15) is 0 Å². The Morgan fingerprint density at radius 1 is 0.800 bits per heavy atom. The normalized spacial score (nSPS) is 11.7. The van der Waals surface area contributed by atoms with Crippen molar-refractivity contribution in [3.8, 4) is 5.75 Å². The molecule has 0 aromatic heterocycles. The average molecular weight is 487 g/mol. The number of para-hydroxylation sites is 2. The maximum absolute atomic E-state index is 12.8. The molecule has 0 atom stereocenters. The maximum atomic E-state index is 12.8. The fraction of sp³-hybridized carbons (Fsp3) is 0.0526. The summed E-state index contributed by atoms with van der Waals surface area (Å²) < 4.78 is 60.8. The van der Waals surface area contributed by atoms with E-state index in [0.29, 0.717) is 5.75 Å². The van der Waals surface area contributed by atoms with Crippen LogP contribution >= 0.6 is 23.2 Å². The highest BCUT2D eigenvalue weighted by Gasteiger charge is 2.21. The molecule has 0 bridgehead atoms. The number of methoxy groups -OCH3 is 1. The molecule has 3 rings (SSSR count). The second-order valence-electron chi connectivity index (χ2n) is 6.01. The zero-order valence-corrected chi connectivity index (χ0v) is 18.6. The minimum atomic E-state index is -4.10. The number of halogens is 2. The molecule has 0 radical (unpaired) electrons. The molecule has 30 heavy (non-hydrogen) atoms. The quantitative estimate of drug-likeness (QED) is 0.507. The first-order chi connectivity index (χ1) is 14.1. The highest BCUT2D eigenvalue weighted by atomic mass is 35.5. The predicted octanol–water partition coefficient (Wildman–Crippen LogP) is 4.60. The molecule has 0 saturated heterocycles. The van der Waals surface area contributed by atoms with Crippen LogP contribution in [0.5, 0.6) is 5.75 Å². The van der Waals surface area contributed by atoms with Crippen LogP contribution in [0.25, 0.3) is 0 Å². The number of sulfonamides is 2. The van der Waals surface area contributed by atoms with Crippen molar-refractivity contribution in [2.75, 3.05) is 16.6 Å². The molecule has 2 N–H and O–H groups in total. The van der Waals surface area contributed by atoms with Gasteiger partial charge in [0.25, 0.3) is 20.0 Å². The topological polar surface area (TPSA) is 102 Å². The van der Waals surface area contributed by atoms with Crippen LogP contribution in [0.4, 0.5) is 11.4 Å². The third-order valence-electron chi connectivity index (χ3n) is 3.93. The number of ether oxygens (including phenoxy) is 1. The molecule has 0 amide bonds. The Kier molecular flexibility index (Phi) is 6.47. The Morgan fingerprint density at radius 2 is 1.53 bits per heavy atom. The minimum Gasteiger partial charge on any atom is -0.495 e. The monoisotopic (exact) mass is 486 g/mol. The Balaban J connectivity index is 1.91. The lowest BCUT2D eigenvalue weighted by Gasteiger charge is -2.13. The van der Waals surface area contributed by atoms with Gasteiger partial charge < -0.3 is 4.74 Å². The lowest BCUT2D eigenvalue weighted by Crippen LogP contribution is -2.16. The molecule has 158 valence electrons. The van der Waals surface area contributed by atoms with Gasteiger partial charge in [0.2, 0.25) is 0 Å². The minimum absolute atomic E-state index is 0.0199. The van der Waals surface area contributed by atoms with E-state index < -0.39 is 20.0 Å². The van der Waals surface area contributed by atoms with Crippen molar-refractivity contribution in [1.82, 2.24) is 0 Å². The number of hydrogen-bond donors (Lipinski definition) is 2. The Morgan fingerprint density at radius 3 is 2.27 bits per heavy atom. The number of anilines is 2. The van der Waals surface area contributed by atoms with E-state index in [4.69, 9.17) is 27.9 Å². The van der Waals surface area contributed by atoms with Gasteiger partial charge >= 0.3 is 0 Å². The first-order valence-corrected chi connectivity index (χ1v) is 12.1. The summed E-state index contributed by atoms with van der Waals surface area (Å²) in [6.45, 7) is 0. The van der Waals surface area contributed by atoms with Gasteiger partial charge in [0, 0.05) is 5.02 Å². The van der Waals surface area contributed by atoms with Crippen molar-refractivity contribution in [2.45, 2.75) is 9.79 Å². The molecule has 0 saturated carbocycles. The SMILES string of the molecule is COc1ccccc1NS(=O)(=O)c1cccc(NS(=O)(=O)c2cc(Cl)ccc2Cl)c1. The van der Waals surface area contributed by atoms with Crippen LogP contribution in [-0.2, 0) is 20.0 Å². The summed E-state index contributed by atoms with van der Waals surface area (Å²) in [7, 11) is -6.70. The first kappa shape index (κ1) is 22.2. The van der Waals surface area contributed by atoms with Crippen molar-refractivity contribution in [3.05, 3.63) is 76.8 Å². The van der Waals surface area contributed by atoms with Crippen LogP contribution in [0.15, 0.2) is 76.5 Å². The Labute approximate surface area is 184 Å². The zero-order chi connectivity index (χ0) is 21.9. The number of benzene rings is 3. The fourth-order valence-corrected chi connectivity index (χ4v) is 5.48. The van der Waals surface area contributed by atoms with Gasteiger partial charge in [-0.05, 0) is 48.5 Å². The van der Waals surface area contributed by atoms with E-state index in [9.17, 15) is 16.8 Å². The van der Waals surface area contributed by atoms with E-state index in [2.05, 4.69) is 9.44 Å². The number of nitrogens with one attached hydrogen (secondary N) is 2. The van der Waals surface area contributed by atoms with Crippen LogP contribution in [0.2, 0.25) is 10.0 Å². The Hall–Kier alpha value is -2.46. The van der Waals surface area contributed by atoms with E-state index in [1.807, 2.05) is 0 Å². The van der Waals surface area contributed by atoms with Gasteiger partial charge in [0.1, 0.15) is 10.6 Å². The van der Waals surface area contributed by atoms with E-state index in [0.717, 1.165) is 0 Å². The average Bonchev–Trinajstić information content (AvgIpc) is 2.70. The van der Waals surface area contributed by atoms with Crippen LogP contribution in [0, 0.1) is 0 Å². The third kappa shape index (κ3) is 4.99. The van der Waals surface area contributed by atoms with Crippen molar-refractivity contribution < 1.29 is 21.6 Å². The van der Waals surface area contributed by atoms with Gasteiger partial charge in [-0.25, -0.2) is 16.8 Å². The molecule has 0 spiro atoms. The van der Waals surface area contributed by atoms with Gasteiger partial charge in [-0.3, -0.25) is 9.44 Å².